The molecule has 0 aliphatic carbocycles. The minimum absolute atomic E-state index is 0.869. The number of nitrogens with zero attached hydrogens (tertiary/aromatic N) is 2. The van der Waals surface area contributed by atoms with Crippen LogP contribution in [-0.2, 0) is 0 Å². The van der Waals surface area contributed by atoms with Crippen LogP contribution in [0.3, 0.4) is 0 Å². The molecule has 1 aromatic heterocycles. The molecule has 0 radical (unpaired) electrons. The zero-order valence-electron chi connectivity index (χ0n) is 9.55. The fourth-order valence-electron chi connectivity index (χ4n) is 1.20. The summed E-state index contributed by atoms with van der Waals surface area (Å²) in [5, 5.41) is 11.2. The van der Waals surface area contributed by atoms with Gasteiger partial charge in [0, 0.05) is 5.75 Å². The molecule has 0 bridgehead atoms. The van der Waals surface area contributed by atoms with Crippen LogP contribution < -0.4 is 5.32 Å². The highest BCUT2D eigenvalue weighted by Crippen LogP contribution is 2.13. The lowest BCUT2D eigenvalue weighted by atomic mass is 10.3. The largest absolute Gasteiger partial charge is 0.317 e. The van der Waals surface area contributed by atoms with E-state index in [1.165, 1.54) is 19.3 Å². The molecule has 0 unspecified atom stereocenters. The maximum absolute atomic E-state index is 4.24. The molecule has 0 amide bonds. The van der Waals surface area contributed by atoms with Crippen LogP contribution in [0, 0.1) is 6.92 Å². The average molecular weight is 228 g/mol. The van der Waals surface area contributed by atoms with Gasteiger partial charge in [0.2, 0.25) is 5.16 Å². The Labute approximate surface area is 95.6 Å². The fourth-order valence-corrected chi connectivity index (χ4v) is 2.05. The number of hydrogen-bond acceptors (Lipinski definition) is 4. The van der Waals surface area contributed by atoms with Gasteiger partial charge < -0.3 is 5.32 Å². The van der Waals surface area contributed by atoms with Gasteiger partial charge in [-0.05, 0) is 39.3 Å². The maximum Gasteiger partial charge on any atom is 0.208 e. The van der Waals surface area contributed by atoms with Crippen molar-refractivity contribution in [3.63, 3.8) is 0 Å². The van der Waals surface area contributed by atoms with Gasteiger partial charge in [0.25, 0.3) is 0 Å². The van der Waals surface area contributed by atoms with E-state index in [-0.39, 0.29) is 0 Å². The molecule has 0 spiro atoms. The van der Waals surface area contributed by atoms with Crippen molar-refractivity contribution in [2.24, 2.45) is 0 Å². The monoisotopic (exact) mass is 228 g/mol. The van der Waals surface area contributed by atoms with E-state index >= 15 is 0 Å². The van der Waals surface area contributed by atoms with Crippen LogP contribution in [0.1, 0.15) is 32.0 Å². The van der Waals surface area contributed by atoms with E-state index in [9.17, 15) is 0 Å². The van der Waals surface area contributed by atoms with Crippen LogP contribution in [0.2, 0.25) is 0 Å². The Hall–Kier alpha value is -0.550. The molecule has 0 aliphatic heterocycles. The molecule has 0 fully saturated rings. The molecule has 86 valence electrons. The van der Waals surface area contributed by atoms with Crippen molar-refractivity contribution in [2.45, 2.75) is 38.3 Å². The van der Waals surface area contributed by atoms with Gasteiger partial charge in [0.1, 0.15) is 5.82 Å². The zero-order valence-corrected chi connectivity index (χ0v) is 10.4. The first-order valence-electron chi connectivity index (χ1n) is 5.55. The Morgan fingerprint density at radius 2 is 2.20 bits per heavy atom. The Morgan fingerprint density at radius 3 is 2.87 bits per heavy atom. The minimum atomic E-state index is 0.869. The average Bonchev–Trinajstić information content (AvgIpc) is 2.63. The second-order valence-corrected chi connectivity index (χ2v) is 4.57. The third-order valence-corrected chi connectivity index (χ3v) is 2.92. The molecule has 0 aliphatic rings. The van der Waals surface area contributed by atoms with Gasteiger partial charge in [-0.2, -0.15) is 0 Å². The summed E-state index contributed by atoms with van der Waals surface area (Å²) in [6.07, 6.45) is 3.66. The summed E-state index contributed by atoms with van der Waals surface area (Å²) in [6.45, 7) is 6.37. The summed E-state index contributed by atoms with van der Waals surface area (Å²) >= 11 is 1.72. The van der Waals surface area contributed by atoms with Gasteiger partial charge in [-0.1, -0.05) is 18.7 Å². The summed E-state index contributed by atoms with van der Waals surface area (Å²) < 4.78 is 0. The van der Waals surface area contributed by atoms with Crippen molar-refractivity contribution >= 4 is 11.8 Å². The highest BCUT2D eigenvalue weighted by molar-refractivity contribution is 7.99. The number of thioether (sulfide) groups is 1. The molecule has 2 N–H and O–H groups in total. The summed E-state index contributed by atoms with van der Waals surface area (Å²) in [5.41, 5.74) is 0. The van der Waals surface area contributed by atoms with Gasteiger partial charge >= 0.3 is 0 Å². The highest BCUT2D eigenvalue weighted by Gasteiger charge is 1.99. The van der Waals surface area contributed by atoms with Gasteiger partial charge in [-0.15, -0.1) is 5.10 Å². The predicted molar refractivity (Wildman–Crippen MR) is 64.2 cm³/mol. The summed E-state index contributed by atoms with van der Waals surface area (Å²) in [5.74, 6) is 1.99. The molecular weight excluding hydrogens is 208 g/mol. The second-order valence-electron chi connectivity index (χ2n) is 3.51. The molecule has 5 heteroatoms. The smallest absolute Gasteiger partial charge is 0.208 e. The van der Waals surface area contributed by atoms with Crippen molar-refractivity contribution in [3.05, 3.63) is 5.82 Å². The topological polar surface area (TPSA) is 53.6 Å². The number of hydrogen-bond donors (Lipinski definition) is 2. The SMILES string of the molecule is CCCNCCCCSc1n[nH]c(C)n1. The van der Waals surface area contributed by atoms with Crippen LogP contribution in [-0.4, -0.2) is 34.0 Å². The number of unbranched alkanes of at least 4 members (excludes halogenated alkanes) is 1. The standard InChI is InChI=1S/C10H20N4S/c1-3-6-11-7-4-5-8-15-10-12-9(2)13-14-10/h11H,3-8H2,1-2H3,(H,12,13,14). The molecule has 1 heterocycles. The van der Waals surface area contributed by atoms with E-state index < -0.39 is 0 Å². The first-order valence-corrected chi connectivity index (χ1v) is 6.54. The summed E-state index contributed by atoms with van der Waals surface area (Å²) in [4.78, 5) is 4.24. The first-order chi connectivity index (χ1) is 7.33. The Kier molecular flexibility index (Phi) is 6.43. The van der Waals surface area contributed by atoms with Gasteiger partial charge in [-0.25, -0.2) is 4.98 Å². The van der Waals surface area contributed by atoms with Crippen molar-refractivity contribution in [2.75, 3.05) is 18.8 Å². The van der Waals surface area contributed by atoms with Crippen LogP contribution in [0.5, 0.6) is 0 Å². The molecule has 0 atom stereocenters. The predicted octanol–water partition coefficient (Wildman–Crippen LogP) is 1.99. The van der Waals surface area contributed by atoms with Gasteiger partial charge in [0.15, 0.2) is 0 Å². The lowest BCUT2D eigenvalue weighted by Gasteiger charge is -2.01. The van der Waals surface area contributed by atoms with E-state index in [1.54, 1.807) is 11.8 Å². The van der Waals surface area contributed by atoms with Crippen LogP contribution >= 0.6 is 11.8 Å². The number of H-pyrrole nitrogens is 1. The number of aromatic nitrogens is 3. The Morgan fingerprint density at radius 1 is 1.33 bits per heavy atom. The fraction of sp³-hybridized carbons (Fsp3) is 0.800. The van der Waals surface area contributed by atoms with Gasteiger partial charge in [0.05, 0.1) is 0 Å². The summed E-state index contributed by atoms with van der Waals surface area (Å²) in [7, 11) is 0. The van der Waals surface area contributed by atoms with Crippen LogP contribution in [0.4, 0.5) is 0 Å². The van der Waals surface area contributed by atoms with Crippen molar-refractivity contribution in [3.8, 4) is 0 Å². The van der Waals surface area contributed by atoms with Crippen molar-refractivity contribution in [1.82, 2.24) is 20.5 Å². The molecule has 4 nitrogen and oxygen atoms in total. The van der Waals surface area contributed by atoms with E-state index in [4.69, 9.17) is 0 Å². The number of aryl methyl sites for hydroxylation is 1. The number of rotatable bonds is 8. The van der Waals surface area contributed by atoms with Crippen molar-refractivity contribution < 1.29 is 0 Å². The molecule has 1 rings (SSSR count). The summed E-state index contributed by atoms with van der Waals surface area (Å²) in [6, 6.07) is 0. The zero-order chi connectivity index (χ0) is 10.9. The molecule has 15 heavy (non-hydrogen) atoms. The third kappa shape index (κ3) is 5.79. The van der Waals surface area contributed by atoms with E-state index in [2.05, 4.69) is 27.4 Å². The lowest BCUT2D eigenvalue weighted by Crippen LogP contribution is -2.15. The second kappa shape index (κ2) is 7.70. The number of aromatic amines is 1. The quantitative estimate of drug-likeness (QED) is 0.528. The van der Waals surface area contributed by atoms with E-state index in [0.717, 1.165) is 29.8 Å². The first kappa shape index (κ1) is 12.5. The molecule has 0 saturated carbocycles. The third-order valence-electron chi connectivity index (χ3n) is 1.98. The van der Waals surface area contributed by atoms with E-state index in [1.807, 2.05) is 6.92 Å². The van der Waals surface area contributed by atoms with Gasteiger partial charge in [-0.3, -0.25) is 5.10 Å². The number of nitrogens with one attached hydrogen (secondary N) is 2. The normalized spacial score (nSPS) is 10.8. The van der Waals surface area contributed by atoms with Crippen LogP contribution in [0.15, 0.2) is 5.16 Å². The lowest BCUT2D eigenvalue weighted by molar-refractivity contribution is 0.635. The van der Waals surface area contributed by atoms with Crippen LogP contribution in [0.25, 0.3) is 0 Å². The molecular formula is C10H20N4S. The molecule has 0 saturated heterocycles. The Bertz CT molecular complexity index is 262. The highest BCUT2D eigenvalue weighted by atomic mass is 32.2. The van der Waals surface area contributed by atoms with E-state index in [0.29, 0.717) is 0 Å². The molecule has 0 aromatic carbocycles. The maximum atomic E-state index is 4.24. The molecule has 1 aromatic rings. The minimum Gasteiger partial charge on any atom is -0.317 e. The Balaban J connectivity index is 1.93. The van der Waals surface area contributed by atoms with Crippen molar-refractivity contribution in [1.29, 1.82) is 0 Å².